The number of carbonyl (C=O) groups is 3. The number of aliphatic carboxylic acids is 1. The van der Waals surface area contributed by atoms with Gasteiger partial charge in [-0.2, -0.15) is 0 Å². The molecule has 0 bridgehead atoms. The van der Waals surface area contributed by atoms with E-state index in [-0.39, 0.29) is 32.6 Å². The van der Waals surface area contributed by atoms with E-state index in [0.29, 0.717) is 6.61 Å². The van der Waals surface area contributed by atoms with Gasteiger partial charge in [0, 0.05) is 13.0 Å². The van der Waals surface area contributed by atoms with Crippen molar-refractivity contribution in [1.29, 1.82) is 0 Å². The first-order valence-electron chi connectivity index (χ1n) is 6.22. The molecule has 114 valence electrons. The topological polar surface area (TPSA) is 142 Å². The lowest BCUT2D eigenvalue weighted by Crippen LogP contribution is -2.56. The fourth-order valence-corrected chi connectivity index (χ4v) is 1.85. The van der Waals surface area contributed by atoms with E-state index < -0.39 is 30.0 Å². The number of urea groups is 1. The van der Waals surface area contributed by atoms with Gasteiger partial charge < -0.3 is 30.9 Å². The SMILES string of the molecule is NC(=O)CCC(NC(=O)N1CCOCC1CO)C(=O)O. The van der Waals surface area contributed by atoms with Crippen molar-refractivity contribution in [3.8, 4) is 0 Å². The molecule has 0 radical (unpaired) electrons. The molecule has 5 N–H and O–H groups in total. The standard InChI is InChI=1S/C11H19N3O6/c12-9(16)2-1-8(10(17)18)13-11(19)14-3-4-20-6-7(14)5-15/h7-8,15H,1-6H2,(H2,12,16)(H,13,19)(H,17,18). The molecule has 0 aromatic rings. The van der Waals surface area contributed by atoms with E-state index in [1.54, 1.807) is 0 Å². The lowest BCUT2D eigenvalue weighted by atomic mass is 10.1. The van der Waals surface area contributed by atoms with E-state index in [2.05, 4.69) is 5.32 Å². The maximum atomic E-state index is 12.0. The molecule has 0 spiro atoms. The summed E-state index contributed by atoms with van der Waals surface area (Å²) in [6, 6.07) is -2.31. The van der Waals surface area contributed by atoms with Gasteiger partial charge in [-0.25, -0.2) is 9.59 Å². The smallest absolute Gasteiger partial charge is 0.326 e. The van der Waals surface area contributed by atoms with E-state index in [4.69, 9.17) is 20.7 Å². The molecule has 3 amide bonds. The van der Waals surface area contributed by atoms with Gasteiger partial charge in [0.1, 0.15) is 6.04 Å². The van der Waals surface area contributed by atoms with Gasteiger partial charge in [0.2, 0.25) is 5.91 Å². The summed E-state index contributed by atoms with van der Waals surface area (Å²) in [7, 11) is 0. The van der Waals surface area contributed by atoms with Gasteiger partial charge in [0.05, 0.1) is 25.9 Å². The van der Waals surface area contributed by atoms with Crippen LogP contribution in [-0.4, -0.2) is 71.5 Å². The minimum atomic E-state index is -1.24. The van der Waals surface area contributed by atoms with Gasteiger partial charge in [-0.3, -0.25) is 4.79 Å². The summed E-state index contributed by atoms with van der Waals surface area (Å²) in [4.78, 5) is 35.0. The number of morpholine rings is 1. The minimum Gasteiger partial charge on any atom is -0.480 e. The van der Waals surface area contributed by atoms with E-state index in [9.17, 15) is 14.4 Å². The van der Waals surface area contributed by atoms with Crippen LogP contribution in [0.4, 0.5) is 4.79 Å². The summed E-state index contributed by atoms with van der Waals surface area (Å²) < 4.78 is 5.13. The van der Waals surface area contributed by atoms with Crippen LogP contribution in [0.2, 0.25) is 0 Å². The molecular formula is C11H19N3O6. The number of hydrogen-bond acceptors (Lipinski definition) is 5. The molecule has 1 saturated heterocycles. The Balaban J connectivity index is 2.59. The molecule has 1 aliphatic heterocycles. The molecule has 1 aliphatic rings. The molecule has 2 atom stereocenters. The van der Waals surface area contributed by atoms with Crippen LogP contribution in [0.3, 0.4) is 0 Å². The first kappa shape index (κ1) is 16.2. The molecule has 20 heavy (non-hydrogen) atoms. The average molecular weight is 289 g/mol. The van der Waals surface area contributed by atoms with Gasteiger partial charge in [0.15, 0.2) is 0 Å². The molecule has 2 unspecified atom stereocenters. The fraction of sp³-hybridized carbons (Fsp3) is 0.727. The number of nitrogens with one attached hydrogen (secondary N) is 1. The highest BCUT2D eigenvalue weighted by Gasteiger charge is 2.29. The summed E-state index contributed by atoms with van der Waals surface area (Å²) in [6.07, 6.45) is -0.214. The lowest BCUT2D eigenvalue weighted by molar-refractivity contribution is -0.139. The first-order valence-corrected chi connectivity index (χ1v) is 6.22. The van der Waals surface area contributed by atoms with Crippen LogP contribution in [0.5, 0.6) is 0 Å². The number of nitrogens with two attached hydrogens (primary N) is 1. The van der Waals surface area contributed by atoms with Crippen molar-refractivity contribution in [2.75, 3.05) is 26.4 Å². The fourth-order valence-electron chi connectivity index (χ4n) is 1.85. The van der Waals surface area contributed by atoms with Crippen LogP contribution in [0.25, 0.3) is 0 Å². The van der Waals surface area contributed by atoms with Crippen molar-refractivity contribution in [3.63, 3.8) is 0 Å². The Kier molecular flexibility index (Phi) is 6.19. The molecule has 0 aromatic carbocycles. The second-order valence-electron chi connectivity index (χ2n) is 4.45. The molecule has 1 heterocycles. The molecular weight excluding hydrogens is 270 g/mol. The number of amides is 3. The van der Waals surface area contributed by atoms with Crippen LogP contribution in [0, 0.1) is 0 Å². The molecule has 0 aromatic heterocycles. The highest BCUT2D eigenvalue weighted by molar-refractivity contribution is 5.83. The highest BCUT2D eigenvalue weighted by Crippen LogP contribution is 2.08. The number of carboxylic acids is 1. The van der Waals surface area contributed by atoms with E-state index in [1.807, 2.05) is 0 Å². The average Bonchev–Trinajstić information content (AvgIpc) is 2.42. The summed E-state index contributed by atoms with van der Waals surface area (Å²) >= 11 is 0. The number of nitrogens with zero attached hydrogens (tertiary/aromatic N) is 1. The number of ether oxygens (including phenoxy) is 1. The maximum Gasteiger partial charge on any atom is 0.326 e. The summed E-state index contributed by atoms with van der Waals surface area (Å²) in [5.74, 6) is -1.88. The van der Waals surface area contributed by atoms with E-state index >= 15 is 0 Å². The molecule has 1 fully saturated rings. The maximum absolute atomic E-state index is 12.0. The van der Waals surface area contributed by atoms with Crippen LogP contribution in [-0.2, 0) is 14.3 Å². The first-order chi connectivity index (χ1) is 9.45. The third-order valence-corrected chi connectivity index (χ3v) is 2.97. The third-order valence-electron chi connectivity index (χ3n) is 2.97. The highest BCUT2D eigenvalue weighted by atomic mass is 16.5. The predicted octanol–water partition coefficient (Wildman–Crippen LogP) is -1.89. The van der Waals surface area contributed by atoms with Crippen molar-refractivity contribution >= 4 is 17.9 Å². The van der Waals surface area contributed by atoms with Crippen LogP contribution < -0.4 is 11.1 Å². The van der Waals surface area contributed by atoms with Gasteiger partial charge in [-0.15, -0.1) is 0 Å². The Labute approximate surface area is 115 Å². The van der Waals surface area contributed by atoms with E-state index in [0.717, 1.165) is 0 Å². The zero-order valence-corrected chi connectivity index (χ0v) is 10.9. The number of hydrogen-bond donors (Lipinski definition) is 4. The van der Waals surface area contributed by atoms with E-state index in [1.165, 1.54) is 4.90 Å². The summed E-state index contributed by atoms with van der Waals surface area (Å²) in [5.41, 5.74) is 4.95. The monoisotopic (exact) mass is 289 g/mol. The Hall–Kier alpha value is -1.87. The van der Waals surface area contributed by atoms with Crippen molar-refractivity contribution in [2.24, 2.45) is 5.73 Å². The van der Waals surface area contributed by atoms with Crippen molar-refractivity contribution in [2.45, 2.75) is 24.9 Å². The number of carbonyl (C=O) groups excluding carboxylic acids is 2. The lowest BCUT2D eigenvalue weighted by Gasteiger charge is -2.35. The Morgan fingerprint density at radius 1 is 1.45 bits per heavy atom. The number of primary amides is 1. The van der Waals surface area contributed by atoms with Crippen LogP contribution in [0.15, 0.2) is 0 Å². The van der Waals surface area contributed by atoms with Gasteiger partial charge >= 0.3 is 12.0 Å². The zero-order valence-electron chi connectivity index (χ0n) is 10.9. The Morgan fingerprint density at radius 3 is 2.70 bits per heavy atom. The van der Waals surface area contributed by atoms with Crippen LogP contribution >= 0.6 is 0 Å². The Morgan fingerprint density at radius 2 is 2.15 bits per heavy atom. The quantitative estimate of drug-likeness (QED) is 0.450. The second-order valence-corrected chi connectivity index (χ2v) is 4.45. The largest absolute Gasteiger partial charge is 0.480 e. The molecule has 9 nitrogen and oxygen atoms in total. The van der Waals surface area contributed by atoms with Crippen molar-refractivity contribution in [3.05, 3.63) is 0 Å². The molecule has 1 rings (SSSR count). The van der Waals surface area contributed by atoms with Crippen LogP contribution in [0.1, 0.15) is 12.8 Å². The van der Waals surface area contributed by atoms with Gasteiger partial charge in [-0.1, -0.05) is 0 Å². The van der Waals surface area contributed by atoms with Crippen molar-refractivity contribution in [1.82, 2.24) is 10.2 Å². The third kappa shape index (κ3) is 4.67. The van der Waals surface area contributed by atoms with Gasteiger partial charge in [0.25, 0.3) is 0 Å². The summed E-state index contributed by atoms with van der Waals surface area (Å²) in [6.45, 7) is 0.511. The molecule has 0 aliphatic carbocycles. The predicted molar refractivity (Wildman–Crippen MR) is 66.8 cm³/mol. The van der Waals surface area contributed by atoms with Gasteiger partial charge in [-0.05, 0) is 6.42 Å². The number of rotatable bonds is 6. The molecule has 9 heteroatoms. The molecule has 0 saturated carbocycles. The zero-order chi connectivity index (χ0) is 15.1. The summed E-state index contributed by atoms with van der Waals surface area (Å²) in [5, 5.41) is 20.5. The number of aliphatic hydroxyl groups is 1. The van der Waals surface area contributed by atoms with Crippen molar-refractivity contribution < 1.29 is 29.3 Å². The number of carboxylic acid groups (broad SMARTS) is 1. The normalized spacial score (nSPS) is 20.2. The minimum absolute atomic E-state index is 0.0788. The Bertz CT molecular complexity index is 375. The number of aliphatic hydroxyl groups excluding tert-OH is 1. The second kappa shape index (κ2) is 7.65.